The minimum atomic E-state index is -0.401. The second kappa shape index (κ2) is 6.45. The number of benzene rings is 1. The Morgan fingerprint density at radius 3 is 2.63 bits per heavy atom. The van der Waals surface area contributed by atoms with Crippen molar-refractivity contribution < 1.29 is 9.26 Å². The molecule has 102 valence electrons. The van der Waals surface area contributed by atoms with Gasteiger partial charge in [-0.05, 0) is 18.9 Å². The molecule has 2 unspecified atom stereocenters. The van der Waals surface area contributed by atoms with Crippen LogP contribution >= 0.6 is 0 Å². The number of aromatic nitrogens is 2. The molecule has 0 aliphatic rings. The van der Waals surface area contributed by atoms with Gasteiger partial charge >= 0.3 is 0 Å². The molecule has 0 fully saturated rings. The van der Waals surface area contributed by atoms with Crippen molar-refractivity contribution in [1.29, 1.82) is 0 Å². The fraction of sp³-hybridized carbons (Fsp3) is 0.429. The average molecular weight is 261 g/mol. The molecule has 0 aliphatic heterocycles. The Balaban J connectivity index is 2.16. The van der Waals surface area contributed by atoms with Gasteiger partial charge in [-0.1, -0.05) is 42.4 Å². The van der Waals surface area contributed by atoms with E-state index in [-0.39, 0.29) is 6.10 Å². The Morgan fingerprint density at radius 2 is 2.00 bits per heavy atom. The molecule has 0 amide bonds. The van der Waals surface area contributed by atoms with Gasteiger partial charge in [0.15, 0.2) is 0 Å². The molecular weight excluding hydrogens is 242 g/mol. The van der Waals surface area contributed by atoms with Gasteiger partial charge in [-0.25, -0.2) is 0 Å². The first-order chi connectivity index (χ1) is 9.26. The van der Waals surface area contributed by atoms with Crippen molar-refractivity contribution in [3.8, 4) is 0 Å². The summed E-state index contributed by atoms with van der Waals surface area (Å²) in [6.45, 7) is 4.58. The summed E-state index contributed by atoms with van der Waals surface area (Å²) in [6.07, 6.45) is 0.665. The summed E-state index contributed by atoms with van der Waals surface area (Å²) in [5, 5.41) is 3.96. The second-order valence-electron chi connectivity index (χ2n) is 4.23. The fourth-order valence-electron chi connectivity index (χ4n) is 1.88. The topological polar surface area (TPSA) is 74.2 Å². The van der Waals surface area contributed by atoms with Gasteiger partial charge in [0.1, 0.15) is 12.1 Å². The van der Waals surface area contributed by atoms with Gasteiger partial charge < -0.3 is 15.0 Å². The molecular formula is C14H19N3O2. The predicted octanol–water partition coefficient (Wildman–Crippen LogP) is 2.61. The van der Waals surface area contributed by atoms with Crippen LogP contribution in [0.15, 0.2) is 34.9 Å². The van der Waals surface area contributed by atoms with E-state index in [1.165, 1.54) is 0 Å². The minimum absolute atomic E-state index is 0.134. The van der Waals surface area contributed by atoms with Crippen LogP contribution in [0.25, 0.3) is 0 Å². The van der Waals surface area contributed by atoms with Gasteiger partial charge in [-0.3, -0.25) is 0 Å². The summed E-state index contributed by atoms with van der Waals surface area (Å²) in [5.41, 5.74) is 7.05. The lowest BCUT2D eigenvalue weighted by Crippen LogP contribution is -2.12. The van der Waals surface area contributed by atoms with Crippen molar-refractivity contribution in [1.82, 2.24) is 10.1 Å². The lowest BCUT2D eigenvalue weighted by atomic mass is 10.1. The van der Waals surface area contributed by atoms with Crippen LogP contribution in [0.1, 0.15) is 49.7 Å². The van der Waals surface area contributed by atoms with Gasteiger partial charge in [0.25, 0.3) is 0 Å². The van der Waals surface area contributed by atoms with E-state index in [1.54, 1.807) is 0 Å². The third kappa shape index (κ3) is 3.19. The maximum atomic E-state index is 6.11. The van der Waals surface area contributed by atoms with E-state index in [0.717, 1.165) is 12.0 Å². The number of ether oxygens (including phenoxy) is 1. The van der Waals surface area contributed by atoms with Crippen molar-refractivity contribution >= 4 is 0 Å². The zero-order valence-corrected chi connectivity index (χ0v) is 11.2. The molecule has 5 nitrogen and oxygen atoms in total. The molecule has 0 bridgehead atoms. The maximum Gasteiger partial charge on any atom is 0.248 e. The third-order valence-corrected chi connectivity index (χ3v) is 2.91. The molecule has 5 heteroatoms. The van der Waals surface area contributed by atoms with Crippen LogP contribution in [0.2, 0.25) is 0 Å². The van der Waals surface area contributed by atoms with Crippen LogP contribution in [-0.2, 0) is 4.74 Å². The van der Waals surface area contributed by atoms with Crippen LogP contribution in [0, 0.1) is 0 Å². The van der Waals surface area contributed by atoms with E-state index in [9.17, 15) is 0 Å². The van der Waals surface area contributed by atoms with Gasteiger partial charge in [0.2, 0.25) is 11.7 Å². The highest BCUT2D eigenvalue weighted by atomic mass is 16.5. The normalized spacial score (nSPS) is 14.3. The summed E-state index contributed by atoms with van der Waals surface area (Å²) < 4.78 is 10.8. The minimum Gasteiger partial charge on any atom is -0.370 e. The van der Waals surface area contributed by atoms with Crippen molar-refractivity contribution in [2.45, 2.75) is 32.4 Å². The van der Waals surface area contributed by atoms with Gasteiger partial charge in [0, 0.05) is 6.61 Å². The molecule has 1 aromatic heterocycles. The van der Waals surface area contributed by atoms with Crippen molar-refractivity contribution in [3.05, 3.63) is 47.6 Å². The smallest absolute Gasteiger partial charge is 0.248 e. The van der Waals surface area contributed by atoms with Crippen LogP contribution in [0.5, 0.6) is 0 Å². The summed E-state index contributed by atoms with van der Waals surface area (Å²) in [5.74, 6) is 0.977. The largest absolute Gasteiger partial charge is 0.370 e. The van der Waals surface area contributed by atoms with Crippen molar-refractivity contribution in [2.75, 3.05) is 6.61 Å². The van der Waals surface area contributed by atoms with E-state index in [0.29, 0.717) is 18.3 Å². The van der Waals surface area contributed by atoms with Gasteiger partial charge in [-0.2, -0.15) is 4.98 Å². The molecule has 19 heavy (non-hydrogen) atoms. The second-order valence-corrected chi connectivity index (χ2v) is 4.23. The Morgan fingerprint density at radius 1 is 1.26 bits per heavy atom. The molecule has 2 N–H and O–H groups in total. The molecule has 2 aromatic rings. The van der Waals surface area contributed by atoms with Crippen LogP contribution in [0.4, 0.5) is 0 Å². The molecule has 1 heterocycles. The number of hydrogen-bond acceptors (Lipinski definition) is 5. The Labute approximate surface area is 112 Å². The Kier molecular flexibility index (Phi) is 4.65. The summed E-state index contributed by atoms with van der Waals surface area (Å²) in [7, 11) is 0. The maximum absolute atomic E-state index is 6.11. The van der Waals surface area contributed by atoms with Gasteiger partial charge in [0.05, 0.1) is 0 Å². The quantitative estimate of drug-likeness (QED) is 0.865. The van der Waals surface area contributed by atoms with E-state index in [4.69, 9.17) is 15.0 Å². The first kappa shape index (κ1) is 13.7. The molecule has 0 aliphatic carbocycles. The molecule has 0 saturated heterocycles. The first-order valence-corrected chi connectivity index (χ1v) is 6.51. The van der Waals surface area contributed by atoms with Crippen LogP contribution < -0.4 is 5.73 Å². The standard InChI is InChI=1S/C14H19N3O2/c1-3-11(18-4-2)13-16-14(19-17-13)12(15)10-8-6-5-7-9-10/h5-9,11-12H,3-4,15H2,1-2H3. The average Bonchev–Trinajstić information content (AvgIpc) is 2.94. The summed E-state index contributed by atoms with van der Waals surface area (Å²) in [6, 6.07) is 9.28. The highest BCUT2D eigenvalue weighted by molar-refractivity contribution is 5.23. The molecule has 1 aromatic carbocycles. The van der Waals surface area contributed by atoms with Gasteiger partial charge in [-0.15, -0.1) is 0 Å². The Bertz CT molecular complexity index is 498. The van der Waals surface area contributed by atoms with Crippen LogP contribution in [0.3, 0.4) is 0 Å². The van der Waals surface area contributed by atoms with E-state index in [2.05, 4.69) is 10.1 Å². The van der Waals surface area contributed by atoms with Crippen molar-refractivity contribution in [2.24, 2.45) is 5.73 Å². The summed E-state index contributed by atoms with van der Waals surface area (Å²) >= 11 is 0. The fourth-order valence-corrected chi connectivity index (χ4v) is 1.88. The number of hydrogen-bond donors (Lipinski definition) is 1. The predicted molar refractivity (Wildman–Crippen MR) is 71.4 cm³/mol. The Hall–Kier alpha value is -1.72. The molecule has 0 saturated carbocycles. The monoisotopic (exact) mass is 261 g/mol. The van der Waals surface area contributed by atoms with E-state index < -0.39 is 6.04 Å². The zero-order valence-electron chi connectivity index (χ0n) is 11.2. The molecule has 0 spiro atoms. The molecule has 0 radical (unpaired) electrons. The molecule has 2 atom stereocenters. The van der Waals surface area contributed by atoms with Crippen LogP contribution in [-0.4, -0.2) is 16.7 Å². The van der Waals surface area contributed by atoms with Crippen molar-refractivity contribution in [3.63, 3.8) is 0 Å². The third-order valence-electron chi connectivity index (χ3n) is 2.91. The SMILES string of the molecule is CCOC(CC)c1noc(C(N)c2ccccc2)n1. The first-order valence-electron chi connectivity index (χ1n) is 6.51. The number of nitrogens with two attached hydrogens (primary N) is 1. The van der Waals surface area contributed by atoms with E-state index >= 15 is 0 Å². The zero-order chi connectivity index (χ0) is 13.7. The summed E-state index contributed by atoms with van der Waals surface area (Å²) in [4.78, 5) is 4.35. The van der Waals surface area contributed by atoms with E-state index in [1.807, 2.05) is 44.2 Å². The lowest BCUT2D eigenvalue weighted by molar-refractivity contribution is 0.0518. The number of nitrogens with zero attached hydrogens (tertiary/aromatic N) is 2. The lowest BCUT2D eigenvalue weighted by Gasteiger charge is -2.09. The highest BCUT2D eigenvalue weighted by Gasteiger charge is 2.21. The number of rotatable bonds is 6. The molecule has 2 rings (SSSR count). The highest BCUT2D eigenvalue weighted by Crippen LogP contribution is 2.22.